The lowest BCUT2D eigenvalue weighted by atomic mass is 10.1. The molecule has 1 fully saturated rings. The Morgan fingerprint density at radius 2 is 2.10 bits per heavy atom. The first-order chi connectivity index (χ1) is 14.8. The summed E-state index contributed by atoms with van der Waals surface area (Å²) < 4.78 is 46.5. The zero-order chi connectivity index (χ0) is 22.2. The van der Waals surface area contributed by atoms with Crippen molar-refractivity contribution in [2.24, 2.45) is 5.10 Å². The standard InChI is InChI=1S/C21H16F3N3O3S/c1-30-17-5-3-2-4-14(17)16-11-31-20(26-16)27(18-9-21(18,23)24)25-10-12-6-7-13(22)8-15(12)19(28)29/h2-8,10-11,18H,9H2,1H3,(H,28,29)/b25-10+. The molecule has 10 heteroatoms. The highest BCUT2D eigenvalue weighted by Crippen LogP contribution is 2.48. The van der Waals surface area contributed by atoms with E-state index in [1.54, 1.807) is 23.6 Å². The summed E-state index contributed by atoms with van der Waals surface area (Å²) in [4.78, 5) is 15.8. The molecule has 1 aromatic heterocycles. The van der Waals surface area contributed by atoms with Gasteiger partial charge in [-0.05, 0) is 30.3 Å². The first-order valence-corrected chi connectivity index (χ1v) is 10.0. The Hall–Kier alpha value is -3.40. The normalized spacial score (nSPS) is 17.0. The van der Waals surface area contributed by atoms with Crippen LogP contribution in [-0.4, -0.2) is 41.3 Å². The van der Waals surface area contributed by atoms with Crippen LogP contribution in [-0.2, 0) is 0 Å². The summed E-state index contributed by atoms with van der Waals surface area (Å²) in [5, 5.41) is 16.4. The predicted octanol–water partition coefficient (Wildman–Crippen LogP) is 4.90. The topological polar surface area (TPSA) is 75.0 Å². The zero-order valence-electron chi connectivity index (χ0n) is 16.1. The molecular formula is C21H16F3N3O3S. The van der Waals surface area contributed by atoms with Crippen LogP contribution >= 0.6 is 11.3 Å². The number of ether oxygens (including phenoxy) is 1. The van der Waals surface area contributed by atoms with Gasteiger partial charge in [0.1, 0.15) is 17.6 Å². The van der Waals surface area contributed by atoms with Crippen LogP contribution in [0.3, 0.4) is 0 Å². The second-order valence-corrected chi connectivity index (χ2v) is 7.66. The van der Waals surface area contributed by atoms with Gasteiger partial charge in [0.25, 0.3) is 5.92 Å². The third-order valence-electron chi connectivity index (χ3n) is 4.73. The third-order valence-corrected chi connectivity index (χ3v) is 5.56. The predicted molar refractivity (Wildman–Crippen MR) is 111 cm³/mol. The number of carbonyl (C=O) groups is 1. The number of alkyl halides is 2. The van der Waals surface area contributed by atoms with E-state index in [9.17, 15) is 23.1 Å². The number of benzene rings is 2. The van der Waals surface area contributed by atoms with Crippen molar-refractivity contribution < 1.29 is 27.8 Å². The van der Waals surface area contributed by atoms with E-state index >= 15 is 0 Å². The summed E-state index contributed by atoms with van der Waals surface area (Å²) in [7, 11) is 1.52. The molecule has 1 atom stereocenters. The van der Waals surface area contributed by atoms with E-state index in [1.165, 1.54) is 13.2 Å². The van der Waals surface area contributed by atoms with E-state index in [0.29, 0.717) is 17.0 Å². The number of aromatic carboxylic acids is 1. The molecule has 4 rings (SSSR count). The minimum Gasteiger partial charge on any atom is -0.496 e. The van der Waals surface area contributed by atoms with Crippen molar-refractivity contribution >= 4 is 28.7 Å². The Kier molecular flexibility index (Phi) is 5.40. The Labute approximate surface area is 179 Å². The number of rotatable bonds is 7. The van der Waals surface area contributed by atoms with Crippen LogP contribution in [0.4, 0.5) is 18.3 Å². The fourth-order valence-corrected chi connectivity index (χ4v) is 3.86. The number of para-hydroxylation sites is 1. The van der Waals surface area contributed by atoms with Gasteiger partial charge in [-0.3, -0.25) is 0 Å². The van der Waals surface area contributed by atoms with Crippen LogP contribution < -0.4 is 9.75 Å². The molecule has 6 nitrogen and oxygen atoms in total. The molecule has 0 aliphatic heterocycles. The number of carboxylic acids is 1. The van der Waals surface area contributed by atoms with Crippen LogP contribution in [0.15, 0.2) is 52.9 Å². The van der Waals surface area contributed by atoms with E-state index in [2.05, 4.69) is 10.1 Å². The average molecular weight is 447 g/mol. The fraction of sp³-hybridized carbons (Fsp3) is 0.190. The number of hydrazone groups is 1. The Morgan fingerprint density at radius 3 is 2.77 bits per heavy atom. The maximum atomic E-state index is 13.9. The molecule has 0 bridgehead atoms. The lowest BCUT2D eigenvalue weighted by Crippen LogP contribution is -2.24. The van der Waals surface area contributed by atoms with Crippen LogP contribution in [0.2, 0.25) is 0 Å². The maximum absolute atomic E-state index is 13.9. The summed E-state index contributed by atoms with van der Waals surface area (Å²) in [5.41, 5.74) is 1.00. The highest BCUT2D eigenvalue weighted by Gasteiger charge is 2.61. The number of carboxylic acid groups (broad SMARTS) is 1. The van der Waals surface area contributed by atoms with Crippen LogP contribution in [0.1, 0.15) is 22.3 Å². The molecule has 1 N–H and O–H groups in total. The van der Waals surface area contributed by atoms with Crippen molar-refractivity contribution in [2.45, 2.75) is 18.4 Å². The van der Waals surface area contributed by atoms with Crippen molar-refractivity contribution in [1.29, 1.82) is 0 Å². The van der Waals surface area contributed by atoms with E-state index in [1.807, 2.05) is 6.07 Å². The van der Waals surface area contributed by atoms with Gasteiger partial charge in [-0.2, -0.15) is 5.10 Å². The van der Waals surface area contributed by atoms with Crippen molar-refractivity contribution in [2.75, 3.05) is 12.1 Å². The molecule has 1 unspecified atom stereocenters. The molecule has 1 aliphatic rings. The van der Waals surface area contributed by atoms with Crippen LogP contribution in [0.25, 0.3) is 11.3 Å². The van der Waals surface area contributed by atoms with Gasteiger partial charge in [0.15, 0.2) is 0 Å². The van der Waals surface area contributed by atoms with E-state index in [4.69, 9.17) is 4.74 Å². The van der Waals surface area contributed by atoms with Crippen LogP contribution in [0.5, 0.6) is 5.75 Å². The number of halogens is 3. The number of thiazole rings is 1. The van der Waals surface area contributed by atoms with Gasteiger partial charge < -0.3 is 9.84 Å². The fourth-order valence-electron chi connectivity index (χ4n) is 3.03. The van der Waals surface area contributed by atoms with Gasteiger partial charge in [0.2, 0.25) is 5.13 Å². The molecule has 0 amide bonds. The SMILES string of the molecule is COc1ccccc1-c1csc(N(/N=C/c2ccc(F)cc2C(=O)O)C2CC2(F)F)n1. The summed E-state index contributed by atoms with van der Waals surface area (Å²) in [6.45, 7) is 0. The van der Waals surface area contributed by atoms with Gasteiger partial charge in [0.05, 0.1) is 24.6 Å². The zero-order valence-corrected chi connectivity index (χ0v) is 16.9. The molecule has 1 saturated carbocycles. The molecule has 1 aliphatic carbocycles. The highest BCUT2D eigenvalue weighted by atomic mass is 32.1. The van der Waals surface area contributed by atoms with Crippen molar-refractivity contribution in [3.63, 3.8) is 0 Å². The van der Waals surface area contributed by atoms with Gasteiger partial charge in [-0.1, -0.05) is 12.1 Å². The minimum atomic E-state index is -2.94. The Morgan fingerprint density at radius 1 is 1.35 bits per heavy atom. The minimum absolute atomic E-state index is 0.0874. The molecule has 2 aromatic carbocycles. The first kappa shape index (κ1) is 20.9. The van der Waals surface area contributed by atoms with Gasteiger partial charge in [-0.15, -0.1) is 11.3 Å². The number of aromatic nitrogens is 1. The van der Waals surface area contributed by atoms with Crippen molar-refractivity contribution in [3.8, 4) is 17.0 Å². The number of hydrogen-bond acceptors (Lipinski definition) is 6. The molecule has 31 heavy (non-hydrogen) atoms. The second kappa shape index (κ2) is 8.03. The summed E-state index contributed by atoms with van der Waals surface area (Å²) in [6.07, 6.45) is 0.727. The number of methoxy groups -OCH3 is 1. The summed E-state index contributed by atoms with van der Waals surface area (Å²) >= 11 is 1.12. The largest absolute Gasteiger partial charge is 0.496 e. The lowest BCUT2D eigenvalue weighted by Gasteiger charge is -2.15. The molecule has 0 saturated heterocycles. The van der Waals surface area contributed by atoms with Gasteiger partial charge >= 0.3 is 5.97 Å². The highest BCUT2D eigenvalue weighted by molar-refractivity contribution is 7.14. The number of anilines is 1. The maximum Gasteiger partial charge on any atom is 0.336 e. The summed E-state index contributed by atoms with van der Waals surface area (Å²) in [5.74, 6) is -4.42. The smallest absolute Gasteiger partial charge is 0.336 e. The Bertz CT molecular complexity index is 1170. The molecule has 1 heterocycles. The first-order valence-electron chi connectivity index (χ1n) is 9.13. The van der Waals surface area contributed by atoms with E-state index in [0.717, 1.165) is 34.7 Å². The van der Waals surface area contributed by atoms with Crippen molar-refractivity contribution in [3.05, 3.63) is 64.8 Å². The van der Waals surface area contributed by atoms with Crippen LogP contribution in [0, 0.1) is 5.82 Å². The third kappa shape index (κ3) is 4.24. The van der Waals surface area contributed by atoms with Gasteiger partial charge in [-0.25, -0.2) is 28.0 Å². The molecule has 3 aromatic rings. The number of hydrogen-bond donors (Lipinski definition) is 1. The second-order valence-electron chi connectivity index (χ2n) is 6.82. The van der Waals surface area contributed by atoms with E-state index in [-0.39, 0.29) is 16.3 Å². The molecule has 160 valence electrons. The summed E-state index contributed by atoms with van der Waals surface area (Å²) in [6, 6.07) is 9.14. The molecular weight excluding hydrogens is 431 g/mol. The van der Waals surface area contributed by atoms with E-state index < -0.39 is 30.2 Å². The number of nitrogens with zero attached hydrogens (tertiary/aromatic N) is 3. The monoisotopic (exact) mass is 447 g/mol. The average Bonchev–Trinajstić information content (AvgIpc) is 3.13. The van der Waals surface area contributed by atoms with Gasteiger partial charge in [0, 0.05) is 22.9 Å². The quantitative estimate of drug-likeness (QED) is 0.412. The lowest BCUT2D eigenvalue weighted by molar-refractivity contribution is 0.0696. The molecule has 0 radical (unpaired) electrons. The van der Waals surface area contributed by atoms with Crippen molar-refractivity contribution in [1.82, 2.24) is 4.98 Å². The Balaban J connectivity index is 1.69. The molecule has 0 spiro atoms.